The van der Waals surface area contributed by atoms with Crippen molar-refractivity contribution in [2.45, 2.75) is 66.1 Å². The van der Waals surface area contributed by atoms with Gasteiger partial charge in [0.1, 0.15) is 11.8 Å². The number of benzene rings is 2. The Kier molecular flexibility index (Phi) is 8.69. The fourth-order valence-corrected chi connectivity index (χ4v) is 3.67. The van der Waals surface area contributed by atoms with Gasteiger partial charge in [-0.25, -0.2) is 0 Å². The summed E-state index contributed by atoms with van der Waals surface area (Å²) in [6.45, 7) is 11.8. The molecule has 31 heavy (non-hydrogen) atoms. The van der Waals surface area contributed by atoms with Gasteiger partial charge in [0.25, 0.3) is 5.91 Å². The number of aryl methyl sites for hydroxylation is 2. The second kappa shape index (κ2) is 10.8. The number of carbonyl (C=O) groups excluding carboxylic acids is 2. The van der Waals surface area contributed by atoms with E-state index < -0.39 is 6.04 Å². The maximum absolute atomic E-state index is 13.2. The highest BCUT2D eigenvalue weighted by Crippen LogP contribution is 2.26. The standard InChI is InChI=1S/C25H33BrN2O3/c1-7-19-12-13-22(21(26)14-19)31-16-23(29)28(15-20-11-9-8-10-17(20)2)18(3)24(30)27-25(4,5)6/h8-14,18H,7,15-16H2,1-6H3,(H,27,30). The molecule has 5 nitrogen and oxygen atoms in total. The Bertz CT molecular complexity index is 921. The number of carbonyl (C=O) groups is 2. The normalized spacial score (nSPS) is 12.2. The minimum Gasteiger partial charge on any atom is -0.483 e. The van der Waals surface area contributed by atoms with Gasteiger partial charge in [-0.1, -0.05) is 37.3 Å². The van der Waals surface area contributed by atoms with Gasteiger partial charge in [-0.15, -0.1) is 0 Å². The number of halogens is 1. The highest BCUT2D eigenvalue weighted by molar-refractivity contribution is 9.10. The molecular formula is C25H33BrN2O3. The van der Waals surface area contributed by atoms with Crippen LogP contribution in [-0.2, 0) is 22.6 Å². The van der Waals surface area contributed by atoms with Crippen LogP contribution in [0.1, 0.15) is 51.3 Å². The summed E-state index contributed by atoms with van der Waals surface area (Å²) < 4.78 is 6.62. The Hall–Kier alpha value is -2.34. The molecule has 0 spiro atoms. The van der Waals surface area contributed by atoms with E-state index in [9.17, 15) is 9.59 Å². The number of hydrogen-bond donors (Lipinski definition) is 1. The molecule has 6 heteroatoms. The highest BCUT2D eigenvalue weighted by atomic mass is 79.9. The maximum atomic E-state index is 13.2. The van der Waals surface area contributed by atoms with Crippen LogP contribution in [0.25, 0.3) is 0 Å². The molecule has 0 radical (unpaired) electrons. The van der Waals surface area contributed by atoms with Crippen molar-refractivity contribution in [1.29, 1.82) is 0 Å². The molecule has 0 aliphatic carbocycles. The zero-order chi connectivity index (χ0) is 23.2. The second-order valence-electron chi connectivity index (χ2n) is 8.77. The van der Waals surface area contributed by atoms with Gasteiger partial charge in [-0.3, -0.25) is 9.59 Å². The lowest BCUT2D eigenvalue weighted by molar-refractivity contribution is -0.142. The molecule has 1 unspecified atom stereocenters. The van der Waals surface area contributed by atoms with Crippen molar-refractivity contribution in [2.24, 2.45) is 0 Å². The van der Waals surface area contributed by atoms with Crippen molar-refractivity contribution in [3.05, 3.63) is 63.6 Å². The number of amides is 2. The van der Waals surface area contributed by atoms with Gasteiger partial charge in [0, 0.05) is 12.1 Å². The van der Waals surface area contributed by atoms with Crippen molar-refractivity contribution in [3.63, 3.8) is 0 Å². The molecule has 0 bridgehead atoms. The van der Waals surface area contributed by atoms with Crippen LogP contribution < -0.4 is 10.1 Å². The predicted octanol–water partition coefficient (Wildman–Crippen LogP) is 5.03. The van der Waals surface area contributed by atoms with Crippen LogP contribution in [0.2, 0.25) is 0 Å². The van der Waals surface area contributed by atoms with E-state index in [1.54, 1.807) is 11.8 Å². The van der Waals surface area contributed by atoms with Crippen LogP contribution in [0, 0.1) is 6.92 Å². The van der Waals surface area contributed by atoms with Crippen molar-refractivity contribution in [2.75, 3.05) is 6.61 Å². The van der Waals surface area contributed by atoms with Crippen LogP contribution >= 0.6 is 15.9 Å². The van der Waals surface area contributed by atoms with Crippen LogP contribution in [-0.4, -0.2) is 34.9 Å². The summed E-state index contributed by atoms with van der Waals surface area (Å²) in [5, 5.41) is 2.97. The summed E-state index contributed by atoms with van der Waals surface area (Å²) in [7, 11) is 0. The molecule has 0 aliphatic heterocycles. The van der Waals surface area contributed by atoms with E-state index >= 15 is 0 Å². The van der Waals surface area contributed by atoms with Gasteiger partial charge in [0.15, 0.2) is 6.61 Å². The molecule has 0 fully saturated rings. The molecule has 2 aromatic carbocycles. The third-order valence-electron chi connectivity index (χ3n) is 5.02. The first-order valence-electron chi connectivity index (χ1n) is 10.6. The molecular weight excluding hydrogens is 456 g/mol. The van der Waals surface area contributed by atoms with E-state index in [2.05, 4.69) is 28.2 Å². The summed E-state index contributed by atoms with van der Waals surface area (Å²) >= 11 is 3.51. The van der Waals surface area contributed by atoms with Gasteiger partial charge in [0.05, 0.1) is 4.47 Å². The number of rotatable bonds is 8. The lowest BCUT2D eigenvalue weighted by atomic mass is 10.1. The van der Waals surface area contributed by atoms with Crippen molar-refractivity contribution in [3.8, 4) is 5.75 Å². The van der Waals surface area contributed by atoms with E-state index in [-0.39, 0.29) is 24.0 Å². The van der Waals surface area contributed by atoms with Crippen LogP contribution in [0.5, 0.6) is 5.75 Å². The van der Waals surface area contributed by atoms with Crippen LogP contribution in [0.4, 0.5) is 0 Å². The third kappa shape index (κ3) is 7.39. The summed E-state index contributed by atoms with van der Waals surface area (Å²) in [6.07, 6.45) is 0.919. The number of nitrogens with zero attached hydrogens (tertiary/aromatic N) is 1. The van der Waals surface area contributed by atoms with Crippen molar-refractivity contribution in [1.82, 2.24) is 10.2 Å². The Labute approximate surface area is 194 Å². The topological polar surface area (TPSA) is 58.6 Å². The van der Waals surface area contributed by atoms with E-state index in [0.717, 1.165) is 22.0 Å². The highest BCUT2D eigenvalue weighted by Gasteiger charge is 2.29. The van der Waals surface area contributed by atoms with Gasteiger partial charge in [-0.05, 0) is 85.8 Å². The minimum absolute atomic E-state index is 0.150. The van der Waals surface area contributed by atoms with E-state index in [1.165, 1.54) is 5.56 Å². The van der Waals surface area contributed by atoms with Crippen molar-refractivity contribution < 1.29 is 14.3 Å². The fourth-order valence-electron chi connectivity index (χ4n) is 3.13. The molecule has 0 aliphatic rings. The summed E-state index contributed by atoms with van der Waals surface area (Å²) in [5.41, 5.74) is 2.87. The SMILES string of the molecule is CCc1ccc(OCC(=O)N(Cc2ccccc2C)C(C)C(=O)NC(C)(C)C)c(Br)c1. The predicted molar refractivity (Wildman–Crippen MR) is 128 cm³/mol. The molecule has 0 saturated carbocycles. The summed E-state index contributed by atoms with van der Waals surface area (Å²) in [6, 6.07) is 13.1. The largest absolute Gasteiger partial charge is 0.483 e. The lowest BCUT2D eigenvalue weighted by Crippen LogP contribution is -2.53. The number of ether oxygens (including phenoxy) is 1. The molecule has 168 valence electrons. The summed E-state index contributed by atoms with van der Waals surface area (Å²) in [5.74, 6) is 0.169. The Balaban J connectivity index is 2.21. The molecule has 2 amide bonds. The van der Waals surface area contributed by atoms with Crippen molar-refractivity contribution >= 4 is 27.7 Å². The smallest absolute Gasteiger partial charge is 0.261 e. The van der Waals surface area contributed by atoms with Gasteiger partial charge >= 0.3 is 0 Å². The van der Waals surface area contributed by atoms with Gasteiger partial charge in [-0.2, -0.15) is 0 Å². The second-order valence-corrected chi connectivity index (χ2v) is 9.62. The molecule has 0 heterocycles. The van der Waals surface area contributed by atoms with Crippen LogP contribution in [0.15, 0.2) is 46.9 Å². The zero-order valence-corrected chi connectivity index (χ0v) is 20.9. The van der Waals surface area contributed by atoms with E-state index in [1.807, 2.05) is 70.2 Å². The molecule has 1 N–H and O–H groups in total. The third-order valence-corrected chi connectivity index (χ3v) is 5.64. The lowest BCUT2D eigenvalue weighted by Gasteiger charge is -2.31. The minimum atomic E-state index is -0.638. The molecule has 2 rings (SSSR count). The average Bonchev–Trinajstić information content (AvgIpc) is 2.70. The molecule has 2 aromatic rings. The summed E-state index contributed by atoms with van der Waals surface area (Å²) in [4.78, 5) is 27.6. The Morgan fingerprint density at radius 1 is 1.16 bits per heavy atom. The van der Waals surface area contributed by atoms with Gasteiger partial charge < -0.3 is 15.0 Å². The molecule has 0 aromatic heterocycles. The molecule has 1 atom stereocenters. The zero-order valence-electron chi connectivity index (χ0n) is 19.3. The number of hydrogen-bond acceptors (Lipinski definition) is 3. The molecule has 0 saturated heterocycles. The monoisotopic (exact) mass is 488 g/mol. The first-order chi connectivity index (χ1) is 14.5. The van der Waals surface area contributed by atoms with Crippen LogP contribution in [0.3, 0.4) is 0 Å². The fraction of sp³-hybridized carbons (Fsp3) is 0.440. The maximum Gasteiger partial charge on any atom is 0.261 e. The van der Waals surface area contributed by atoms with Gasteiger partial charge in [0.2, 0.25) is 5.91 Å². The van der Waals surface area contributed by atoms with E-state index in [0.29, 0.717) is 12.3 Å². The quantitative estimate of drug-likeness (QED) is 0.566. The Morgan fingerprint density at radius 2 is 1.84 bits per heavy atom. The first-order valence-corrected chi connectivity index (χ1v) is 11.4. The van der Waals surface area contributed by atoms with E-state index in [4.69, 9.17) is 4.74 Å². The average molecular weight is 489 g/mol. The Morgan fingerprint density at radius 3 is 2.42 bits per heavy atom. The first kappa shape index (κ1) is 24.9. The number of nitrogens with one attached hydrogen (secondary N) is 1.